The Kier molecular flexibility index (Phi) is 3.47. The van der Waals surface area contributed by atoms with Crippen LogP contribution in [0.2, 0.25) is 5.02 Å². The van der Waals surface area contributed by atoms with Crippen molar-refractivity contribution in [2.24, 2.45) is 0 Å². The standard InChI is InChI=1S/C16H13ClN2S/c1-10-7-8-12(9-13(10)17)14-15(18)20-16(19-14)11-5-3-2-4-6-11/h2-9H,18H2,1H3. The monoisotopic (exact) mass is 300 g/mol. The van der Waals surface area contributed by atoms with Crippen molar-refractivity contribution in [1.29, 1.82) is 0 Å². The van der Waals surface area contributed by atoms with Crippen molar-refractivity contribution in [2.45, 2.75) is 6.92 Å². The van der Waals surface area contributed by atoms with Crippen LogP contribution in [0.25, 0.3) is 21.8 Å². The molecule has 0 atom stereocenters. The molecule has 3 rings (SSSR count). The predicted octanol–water partition coefficient (Wildman–Crippen LogP) is 5.02. The lowest BCUT2D eigenvalue weighted by Gasteiger charge is -2.02. The van der Waals surface area contributed by atoms with Gasteiger partial charge < -0.3 is 5.73 Å². The van der Waals surface area contributed by atoms with Gasteiger partial charge in [-0.3, -0.25) is 0 Å². The highest BCUT2D eigenvalue weighted by molar-refractivity contribution is 7.19. The van der Waals surface area contributed by atoms with Gasteiger partial charge in [0.1, 0.15) is 15.7 Å². The number of hydrogen-bond acceptors (Lipinski definition) is 3. The average molecular weight is 301 g/mol. The van der Waals surface area contributed by atoms with Crippen molar-refractivity contribution in [3.05, 3.63) is 59.1 Å². The van der Waals surface area contributed by atoms with Gasteiger partial charge in [-0.2, -0.15) is 0 Å². The molecule has 1 aromatic heterocycles. The van der Waals surface area contributed by atoms with Crippen LogP contribution in [0.4, 0.5) is 5.00 Å². The van der Waals surface area contributed by atoms with Crippen molar-refractivity contribution in [3.63, 3.8) is 0 Å². The molecule has 0 aliphatic rings. The molecule has 0 radical (unpaired) electrons. The van der Waals surface area contributed by atoms with Gasteiger partial charge >= 0.3 is 0 Å². The molecule has 0 amide bonds. The van der Waals surface area contributed by atoms with Gasteiger partial charge in [-0.05, 0) is 18.6 Å². The number of nitrogens with two attached hydrogens (primary N) is 1. The maximum atomic E-state index is 6.17. The van der Waals surface area contributed by atoms with Crippen LogP contribution in [-0.2, 0) is 0 Å². The van der Waals surface area contributed by atoms with E-state index in [2.05, 4.69) is 4.98 Å². The Morgan fingerprint density at radius 3 is 2.50 bits per heavy atom. The number of halogens is 1. The lowest BCUT2D eigenvalue weighted by molar-refractivity contribution is 1.39. The Bertz CT molecular complexity index is 750. The third-order valence-corrected chi connectivity index (χ3v) is 4.46. The highest BCUT2D eigenvalue weighted by Gasteiger charge is 2.12. The topological polar surface area (TPSA) is 38.9 Å². The molecular formula is C16H13ClN2S. The lowest BCUT2D eigenvalue weighted by Crippen LogP contribution is -1.87. The molecule has 0 spiro atoms. The molecule has 0 unspecified atom stereocenters. The van der Waals surface area contributed by atoms with E-state index in [-0.39, 0.29) is 0 Å². The highest BCUT2D eigenvalue weighted by atomic mass is 35.5. The van der Waals surface area contributed by atoms with Gasteiger partial charge in [0, 0.05) is 16.1 Å². The summed E-state index contributed by atoms with van der Waals surface area (Å²) in [4.78, 5) is 4.66. The van der Waals surface area contributed by atoms with Gasteiger partial charge in [0.25, 0.3) is 0 Å². The Hall–Kier alpha value is -1.84. The minimum absolute atomic E-state index is 0.712. The molecular weight excluding hydrogens is 288 g/mol. The van der Waals surface area contributed by atoms with Crippen LogP contribution in [0.15, 0.2) is 48.5 Å². The summed E-state index contributed by atoms with van der Waals surface area (Å²) in [6, 6.07) is 15.9. The van der Waals surface area contributed by atoms with E-state index in [0.717, 1.165) is 32.4 Å². The second kappa shape index (κ2) is 5.27. The molecule has 0 aliphatic carbocycles. The smallest absolute Gasteiger partial charge is 0.126 e. The van der Waals surface area contributed by atoms with Gasteiger partial charge in [0.15, 0.2) is 0 Å². The first kappa shape index (κ1) is 13.2. The summed E-state index contributed by atoms with van der Waals surface area (Å²) in [6.45, 7) is 1.98. The second-order valence-corrected chi connectivity index (χ2v) is 6.00. The third kappa shape index (κ3) is 2.42. The van der Waals surface area contributed by atoms with Crippen molar-refractivity contribution in [3.8, 4) is 21.8 Å². The summed E-state index contributed by atoms with van der Waals surface area (Å²) in [6.07, 6.45) is 0. The number of hydrogen-bond donors (Lipinski definition) is 1. The maximum Gasteiger partial charge on any atom is 0.126 e. The van der Waals surface area contributed by atoms with Crippen LogP contribution >= 0.6 is 22.9 Å². The van der Waals surface area contributed by atoms with Crippen LogP contribution in [0.3, 0.4) is 0 Å². The van der Waals surface area contributed by atoms with E-state index in [9.17, 15) is 0 Å². The number of anilines is 1. The molecule has 0 fully saturated rings. The number of benzene rings is 2. The number of rotatable bonds is 2. The molecule has 0 saturated heterocycles. The van der Waals surface area contributed by atoms with Crippen LogP contribution < -0.4 is 5.73 Å². The van der Waals surface area contributed by atoms with Crippen molar-refractivity contribution in [2.75, 3.05) is 5.73 Å². The van der Waals surface area contributed by atoms with E-state index >= 15 is 0 Å². The molecule has 0 bridgehead atoms. The molecule has 2 N–H and O–H groups in total. The number of nitrogen functional groups attached to an aromatic ring is 1. The van der Waals surface area contributed by atoms with E-state index in [0.29, 0.717) is 5.00 Å². The number of aromatic nitrogens is 1. The summed E-state index contributed by atoms with van der Waals surface area (Å²) < 4.78 is 0. The van der Waals surface area contributed by atoms with Crippen LogP contribution in [0.1, 0.15) is 5.56 Å². The Morgan fingerprint density at radius 1 is 1.05 bits per heavy atom. The molecule has 1 heterocycles. The van der Waals surface area contributed by atoms with E-state index in [1.807, 2.05) is 55.5 Å². The summed E-state index contributed by atoms with van der Waals surface area (Å²) >= 11 is 7.67. The third-order valence-electron chi connectivity index (χ3n) is 3.12. The summed E-state index contributed by atoms with van der Waals surface area (Å²) in [7, 11) is 0. The van der Waals surface area contributed by atoms with Gasteiger partial charge in [-0.25, -0.2) is 4.98 Å². The van der Waals surface area contributed by atoms with Crippen molar-refractivity contribution < 1.29 is 0 Å². The molecule has 2 aromatic carbocycles. The molecule has 2 nitrogen and oxygen atoms in total. The molecule has 0 saturated carbocycles. The zero-order chi connectivity index (χ0) is 14.1. The minimum atomic E-state index is 0.712. The second-order valence-electron chi connectivity index (χ2n) is 4.56. The highest BCUT2D eigenvalue weighted by Crippen LogP contribution is 2.36. The number of thiazole rings is 1. The molecule has 3 aromatic rings. The first-order valence-electron chi connectivity index (χ1n) is 6.23. The van der Waals surface area contributed by atoms with Crippen LogP contribution in [0.5, 0.6) is 0 Å². The largest absolute Gasteiger partial charge is 0.389 e. The summed E-state index contributed by atoms with van der Waals surface area (Å²) in [5.74, 6) is 0. The summed E-state index contributed by atoms with van der Waals surface area (Å²) in [5, 5.41) is 2.37. The predicted molar refractivity (Wildman–Crippen MR) is 87.1 cm³/mol. The van der Waals surface area contributed by atoms with Gasteiger partial charge in [-0.1, -0.05) is 65.4 Å². The van der Waals surface area contributed by atoms with Gasteiger partial charge in [-0.15, -0.1) is 0 Å². The number of nitrogens with zero attached hydrogens (tertiary/aromatic N) is 1. The Balaban J connectivity index is 2.07. The average Bonchev–Trinajstić information content (AvgIpc) is 2.85. The maximum absolute atomic E-state index is 6.17. The Morgan fingerprint density at radius 2 is 1.80 bits per heavy atom. The molecule has 4 heteroatoms. The van der Waals surface area contributed by atoms with Crippen LogP contribution in [0, 0.1) is 6.92 Å². The minimum Gasteiger partial charge on any atom is -0.389 e. The first-order valence-corrected chi connectivity index (χ1v) is 7.43. The fraction of sp³-hybridized carbons (Fsp3) is 0.0625. The normalized spacial score (nSPS) is 10.7. The lowest BCUT2D eigenvalue weighted by atomic mass is 10.1. The first-order chi connectivity index (χ1) is 9.65. The summed E-state index contributed by atoms with van der Waals surface area (Å²) in [5.41, 5.74) is 9.99. The van der Waals surface area contributed by atoms with E-state index in [4.69, 9.17) is 17.3 Å². The van der Waals surface area contributed by atoms with Gasteiger partial charge in [0.2, 0.25) is 0 Å². The Labute approximate surface area is 126 Å². The molecule has 100 valence electrons. The van der Waals surface area contributed by atoms with E-state index in [1.54, 1.807) is 0 Å². The zero-order valence-electron chi connectivity index (χ0n) is 10.9. The quantitative estimate of drug-likeness (QED) is 0.721. The van der Waals surface area contributed by atoms with E-state index < -0.39 is 0 Å². The zero-order valence-corrected chi connectivity index (χ0v) is 12.5. The SMILES string of the molecule is Cc1ccc(-c2nc(-c3ccccc3)sc2N)cc1Cl. The molecule has 20 heavy (non-hydrogen) atoms. The fourth-order valence-electron chi connectivity index (χ4n) is 1.98. The number of aryl methyl sites for hydroxylation is 1. The molecule has 0 aliphatic heterocycles. The van der Waals surface area contributed by atoms with E-state index in [1.165, 1.54) is 11.3 Å². The van der Waals surface area contributed by atoms with Crippen molar-refractivity contribution in [1.82, 2.24) is 4.98 Å². The fourth-order valence-corrected chi connectivity index (χ4v) is 3.02. The van der Waals surface area contributed by atoms with Crippen molar-refractivity contribution >= 4 is 27.9 Å². The van der Waals surface area contributed by atoms with Gasteiger partial charge in [0.05, 0.1) is 0 Å². The van der Waals surface area contributed by atoms with Crippen LogP contribution in [-0.4, -0.2) is 4.98 Å².